The summed E-state index contributed by atoms with van der Waals surface area (Å²) >= 11 is 0. The molecule has 2 aromatic rings. The third kappa shape index (κ3) is 3.90. The number of carbonyl (C=O) groups is 2. The minimum atomic E-state index is -0.0888. The van der Waals surface area contributed by atoms with Crippen LogP contribution in [0.15, 0.2) is 42.7 Å². The zero-order chi connectivity index (χ0) is 20.4. The number of amides is 2. The van der Waals surface area contributed by atoms with Crippen molar-refractivity contribution < 1.29 is 19.1 Å². The lowest BCUT2D eigenvalue weighted by Gasteiger charge is -2.39. The lowest BCUT2D eigenvalue weighted by molar-refractivity contribution is 0.0549. The second kappa shape index (κ2) is 8.11. The molecule has 1 aromatic heterocycles. The molecule has 2 atom stereocenters. The Morgan fingerprint density at radius 2 is 1.55 bits per heavy atom. The highest BCUT2D eigenvalue weighted by atomic mass is 16.5. The lowest BCUT2D eigenvalue weighted by atomic mass is 9.96. The van der Waals surface area contributed by atoms with Crippen molar-refractivity contribution in [1.29, 1.82) is 0 Å². The van der Waals surface area contributed by atoms with Crippen molar-refractivity contribution in [3.8, 4) is 11.5 Å². The molecule has 0 saturated carbocycles. The molecule has 0 radical (unpaired) electrons. The Hall–Kier alpha value is -3.09. The van der Waals surface area contributed by atoms with Gasteiger partial charge in [0, 0.05) is 47.7 Å². The standard InChI is InChI=1S/C22H25N3O4/c1-28-19-9-15(10-20(13-19)29-2)22(27)25-17-3-4-18(25)12-16(11-17)24-21(26)14-5-7-23-8-6-14/h5-10,13,16-18H,3-4,11-12H2,1-2H3,(H,24,26). The Kier molecular flexibility index (Phi) is 5.38. The first kappa shape index (κ1) is 19.2. The fourth-order valence-corrected chi connectivity index (χ4v) is 4.48. The van der Waals surface area contributed by atoms with Gasteiger partial charge in [0.25, 0.3) is 11.8 Å². The zero-order valence-electron chi connectivity index (χ0n) is 16.6. The topological polar surface area (TPSA) is 80.8 Å². The molecular weight excluding hydrogens is 370 g/mol. The summed E-state index contributed by atoms with van der Waals surface area (Å²) < 4.78 is 10.6. The van der Waals surface area contributed by atoms with Crippen LogP contribution in [-0.2, 0) is 0 Å². The average Bonchev–Trinajstić information content (AvgIpc) is 3.03. The number of nitrogens with zero attached hydrogens (tertiary/aromatic N) is 2. The molecule has 7 nitrogen and oxygen atoms in total. The Bertz CT molecular complexity index is 866. The molecule has 2 aliphatic rings. The van der Waals surface area contributed by atoms with E-state index in [0.717, 1.165) is 25.7 Å². The van der Waals surface area contributed by atoms with Crippen LogP contribution in [0.5, 0.6) is 11.5 Å². The minimum absolute atomic E-state index is 0.00592. The van der Waals surface area contributed by atoms with Crippen LogP contribution in [0.3, 0.4) is 0 Å². The summed E-state index contributed by atoms with van der Waals surface area (Å²) in [5.41, 5.74) is 1.17. The van der Waals surface area contributed by atoms with Crippen molar-refractivity contribution in [3.63, 3.8) is 0 Å². The maximum Gasteiger partial charge on any atom is 0.254 e. The molecule has 2 bridgehead atoms. The van der Waals surface area contributed by atoms with Crippen LogP contribution >= 0.6 is 0 Å². The van der Waals surface area contributed by atoms with Crippen LogP contribution < -0.4 is 14.8 Å². The van der Waals surface area contributed by atoms with Crippen molar-refractivity contribution in [2.45, 2.75) is 43.8 Å². The normalized spacial score (nSPS) is 22.8. The van der Waals surface area contributed by atoms with Crippen molar-refractivity contribution in [1.82, 2.24) is 15.2 Å². The van der Waals surface area contributed by atoms with Gasteiger partial charge in [0.1, 0.15) is 11.5 Å². The second-order valence-electron chi connectivity index (χ2n) is 7.58. The Balaban J connectivity index is 1.47. The molecule has 29 heavy (non-hydrogen) atoms. The first-order valence-electron chi connectivity index (χ1n) is 9.85. The van der Waals surface area contributed by atoms with Crippen molar-refractivity contribution in [3.05, 3.63) is 53.9 Å². The number of fused-ring (bicyclic) bond motifs is 2. The highest BCUT2D eigenvalue weighted by Crippen LogP contribution is 2.37. The molecule has 2 fully saturated rings. The Morgan fingerprint density at radius 3 is 2.10 bits per heavy atom. The highest BCUT2D eigenvalue weighted by Gasteiger charge is 2.44. The number of pyridine rings is 1. The second-order valence-corrected chi connectivity index (χ2v) is 7.58. The van der Waals surface area contributed by atoms with E-state index < -0.39 is 0 Å². The first-order valence-corrected chi connectivity index (χ1v) is 9.85. The number of nitrogens with one attached hydrogen (secondary N) is 1. The Morgan fingerprint density at radius 1 is 0.966 bits per heavy atom. The van der Waals surface area contributed by atoms with Crippen LogP contribution in [0.1, 0.15) is 46.4 Å². The van der Waals surface area contributed by atoms with Gasteiger partial charge in [-0.15, -0.1) is 0 Å². The molecule has 2 amide bonds. The van der Waals surface area contributed by atoms with Gasteiger partial charge in [-0.05, 0) is 49.9 Å². The molecule has 4 rings (SSSR count). The molecular formula is C22H25N3O4. The van der Waals surface area contributed by atoms with E-state index in [1.54, 1.807) is 56.9 Å². The predicted molar refractivity (Wildman–Crippen MR) is 107 cm³/mol. The number of ether oxygens (including phenoxy) is 2. The van der Waals surface area contributed by atoms with Crippen molar-refractivity contribution >= 4 is 11.8 Å². The molecule has 3 heterocycles. The number of rotatable bonds is 5. The van der Waals surface area contributed by atoms with Gasteiger partial charge in [-0.3, -0.25) is 14.6 Å². The number of methoxy groups -OCH3 is 2. The van der Waals surface area contributed by atoms with E-state index in [9.17, 15) is 9.59 Å². The van der Waals surface area contributed by atoms with Gasteiger partial charge in [0.15, 0.2) is 0 Å². The van der Waals surface area contributed by atoms with Gasteiger partial charge in [-0.25, -0.2) is 0 Å². The molecule has 2 saturated heterocycles. The van der Waals surface area contributed by atoms with Gasteiger partial charge < -0.3 is 19.7 Å². The molecule has 152 valence electrons. The van der Waals surface area contributed by atoms with E-state index in [2.05, 4.69) is 10.3 Å². The van der Waals surface area contributed by atoms with Gasteiger partial charge in [0.05, 0.1) is 14.2 Å². The summed E-state index contributed by atoms with van der Waals surface area (Å²) in [5, 5.41) is 3.13. The summed E-state index contributed by atoms with van der Waals surface area (Å²) in [4.78, 5) is 31.7. The molecule has 7 heteroatoms. The summed E-state index contributed by atoms with van der Waals surface area (Å²) in [6.07, 6.45) is 6.67. The maximum atomic E-state index is 13.3. The number of carbonyl (C=O) groups excluding carboxylic acids is 2. The average molecular weight is 395 g/mol. The third-order valence-corrected chi connectivity index (χ3v) is 5.84. The van der Waals surface area contributed by atoms with Crippen LogP contribution in [-0.4, -0.2) is 54.0 Å². The minimum Gasteiger partial charge on any atom is -0.497 e. The molecule has 0 aliphatic carbocycles. The SMILES string of the molecule is COc1cc(OC)cc(C(=O)N2C3CCC2CC(NC(=O)c2ccncc2)C3)c1. The smallest absolute Gasteiger partial charge is 0.254 e. The van der Waals surface area contributed by atoms with Crippen molar-refractivity contribution in [2.75, 3.05) is 14.2 Å². The molecule has 2 unspecified atom stereocenters. The zero-order valence-corrected chi connectivity index (χ0v) is 16.6. The van der Waals surface area contributed by atoms with E-state index >= 15 is 0 Å². The summed E-state index contributed by atoms with van der Waals surface area (Å²) in [5.74, 6) is 1.10. The van der Waals surface area contributed by atoms with Crippen LogP contribution in [0, 0.1) is 0 Å². The quantitative estimate of drug-likeness (QED) is 0.842. The molecule has 1 aromatic carbocycles. The van der Waals surface area contributed by atoms with E-state index in [4.69, 9.17) is 9.47 Å². The first-order chi connectivity index (χ1) is 14.1. The van der Waals surface area contributed by atoms with E-state index in [-0.39, 0.29) is 29.9 Å². The number of benzene rings is 1. The monoisotopic (exact) mass is 395 g/mol. The largest absolute Gasteiger partial charge is 0.497 e. The Labute approximate surface area is 170 Å². The number of hydrogen-bond acceptors (Lipinski definition) is 5. The summed E-state index contributed by atoms with van der Waals surface area (Å²) in [6.45, 7) is 0. The van der Waals surface area contributed by atoms with Crippen molar-refractivity contribution in [2.24, 2.45) is 0 Å². The lowest BCUT2D eigenvalue weighted by Crippen LogP contribution is -2.52. The van der Waals surface area contributed by atoms with E-state index in [1.807, 2.05) is 4.90 Å². The highest BCUT2D eigenvalue weighted by molar-refractivity contribution is 5.96. The van der Waals surface area contributed by atoms with E-state index in [0.29, 0.717) is 22.6 Å². The molecule has 0 spiro atoms. The van der Waals surface area contributed by atoms with Gasteiger partial charge >= 0.3 is 0 Å². The number of piperidine rings is 1. The van der Waals surface area contributed by atoms with Gasteiger partial charge in [0.2, 0.25) is 0 Å². The van der Waals surface area contributed by atoms with E-state index in [1.165, 1.54) is 0 Å². The molecule has 1 N–H and O–H groups in total. The van der Waals surface area contributed by atoms with Crippen LogP contribution in [0.4, 0.5) is 0 Å². The fraction of sp³-hybridized carbons (Fsp3) is 0.409. The summed E-state index contributed by atoms with van der Waals surface area (Å²) in [6, 6.07) is 8.99. The van der Waals surface area contributed by atoms with Gasteiger partial charge in [-0.1, -0.05) is 0 Å². The molecule has 2 aliphatic heterocycles. The van der Waals surface area contributed by atoms with Crippen LogP contribution in [0.25, 0.3) is 0 Å². The number of aromatic nitrogens is 1. The third-order valence-electron chi connectivity index (χ3n) is 5.84. The summed E-state index contributed by atoms with van der Waals surface area (Å²) in [7, 11) is 3.15. The number of hydrogen-bond donors (Lipinski definition) is 1. The van der Waals surface area contributed by atoms with Crippen LogP contribution in [0.2, 0.25) is 0 Å². The maximum absolute atomic E-state index is 13.3. The fourth-order valence-electron chi connectivity index (χ4n) is 4.48. The van der Waals surface area contributed by atoms with Gasteiger partial charge in [-0.2, -0.15) is 0 Å². The predicted octanol–water partition coefficient (Wildman–Crippen LogP) is 2.66.